The zero-order valence-electron chi connectivity index (χ0n) is 17.3. The van der Waals surface area contributed by atoms with E-state index in [1.54, 1.807) is 0 Å². The van der Waals surface area contributed by atoms with Crippen LogP contribution in [0.4, 0.5) is 0 Å². The van der Waals surface area contributed by atoms with Crippen molar-refractivity contribution in [1.82, 2.24) is 0 Å². The maximum absolute atomic E-state index is 12.6. The van der Waals surface area contributed by atoms with E-state index in [1.807, 2.05) is 6.92 Å². The number of nitrogens with two attached hydrogens (primary N) is 1. The number of nitrogens with zero attached hydrogens (tertiary/aromatic N) is 1. The average Bonchev–Trinajstić information content (AvgIpc) is 2.91. The monoisotopic (exact) mass is 372 g/mol. The summed E-state index contributed by atoms with van der Waals surface area (Å²) >= 11 is 0. The fraction of sp³-hybridized carbons (Fsp3) is 0.826. The molecular formula is C23H36N2O2. The number of rotatable bonds is 3. The summed E-state index contributed by atoms with van der Waals surface area (Å²) < 4.78 is 0. The number of ketones is 1. The Hall–Kier alpha value is -1.16. The third-order valence-electron chi connectivity index (χ3n) is 8.70. The lowest BCUT2D eigenvalue weighted by Gasteiger charge is -2.60. The van der Waals surface area contributed by atoms with E-state index in [1.165, 1.54) is 24.1 Å². The van der Waals surface area contributed by atoms with Gasteiger partial charge >= 0.3 is 0 Å². The van der Waals surface area contributed by atoms with E-state index < -0.39 is 0 Å². The van der Waals surface area contributed by atoms with Crippen molar-refractivity contribution < 1.29 is 9.63 Å². The second-order valence-corrected chi connectivity index (χ2v) is 10.4. The maximum Gasteiger partial charge on any atom is 0.139 e. The Kier molecular flexibility index (Phi) is 4.77. The van der Waals surface area contributed by atoms with Crippen LogP contribution in [0.15, 0.2) is 17.3 Å². The van der Waals surface area contributed by atoms with E-state index in [2.05, 4.69) is 25.6 Å². The molecule has 27 heavy (non-hydrogen) atoms. The molecule has 0 aromatic carbocycles. The normalized spacial score (nSPS) is 46.6. The minimum absolute atomic E-state index is 0.0177. The van der Waals surface area contributed by atoms with Crippen molar-refractivity contribution in [2.45, 2.75) is 78.2 Å². The molecule has 0 spiro atoms. The fourth-order valence-electron chi connectivity index (χ4n) is 7.03. The van der Waals surface area contributed by atoms with Crippen LogP contribution in [0.2, 0.25) is 0 Å². The van der Waals surface area contributed by atoms with Gasteiger partial charge in [0.2, 0.25) is 0 Å². The zero-order valence-corrected chi connectivity index (χ0v) is 17.3. The lowest BCUT2D eigenvalue weighted by Crippen LogP contribution is -2.54. The van der Waals surface area contributed by atoms with E-state index in [-0.39, 0.29) is 11.5 Å². The highest BCUT2D eigenvalue weighted by molar-refractivity contribution is 5.87. The van der Waals surface area contributed by atoms with Crippen LogP contribution in [0, 0.1) is 34.5 Å². The number of allylic oxidation sites excluding steroid dienone is 1. The van der Waals surface area contributed by atoms with E-state index >= 15 is 0 Å². The lowest BCUT2D eigenvalue weighted by atomic mass is 9.44. The van der Waals surface area contributed by atoms with Gasteiger partial charge in [-0.05, 0) is 81.0 Å². The highest BCUT2D eigenvalue weighted by atomic mass is 16.6. The Morgan fingerprint density at radius 2 is 2.00 bits per heavy atom. The molecule has 0 aromatic heterocycles. The topological polar surface area (TPSA) is 64.7 Å². The molecule has 0 saturated heterocycles. The zero-order chi connectivity index (χ0) is 19.4. The molecule has 0 bridgehead atoms. The molecule has 0 aliphatic heterocycles. The molecule has 4 aliphatic carbocycles. The third-order valence-corrected chi connectivity index (χ3v) is 8.70. The van der Waals surface area contributed by atoms with Crippen molar-refractivity contribution in [2.24, 2.45) is 45.4 Å². The molecule has 150 valence electrons. The minimum Gasteiger partial charge on any atom is -0.394 e. The predicted molar refractivity (Wildman–Crippen MR) is 108 cm³/mol. The molecule has 4 nitrogen and oxygen atoms in total. The second kappa shape index (κ2) is 6.72. The van der Waals surface area contributed by atoms with Gasteiger partial charge in [-0.2, -0.15) is 0 Å². The molecule has 0 heterocycles. The minimum atomic E-state index is -0.0820. The van der Waals surface area contributed by atoms with Gasteiger partial charge in [-0.25, -0.2) is 0 Å². The van der Waals surface area contributed by atoms with Crippen LogP contribution in [0.1, 0.15) is 72.1 Å². The number of hydrogen-bond acceptors (Lipinski definition) is 4. The second-order valence-electron chi connectivity index (χ2n) is 10.4. The Morgan fingerprint density at radius 3 is 2.74 bits per heavy atom. The van der Waals surface area contributed by atoms with Crippen LogP contribution in [-0.2, 0) is 9.63 Å². The first-order chi connectivity index (χ1) is 12.8. The third kappa shape index (κ3) is 2.99. The van der Waals surface area contributed by atoms with Gasteiger partial charge < -0.3 is 10.6 Å². The van der Waals surface area contributed by atoms with Crippen molar-refractivity contribution in [3.05, 3.63) is 12.2 Å². The molecule has 0 radical (unpaired) electrons. The molecule has 4 aliphatic rings. The van der Waals surface area contributed by atoms with E-state index in [9.17, 15) is 4.79 Å². The van der Waals surface area contributed by atoms with Crippen LogP contribution in [-0.4, -0.2) is 24.1 Å². The predicted octanol–water partition coefficient (Wildman–Crippen LogP) is 4.48. The van der Waals surface area contributed by atoms with Gasteiger partial charge in [0, 0.05) is 17.9 Å². The first-order valence-corrected chi connectivity index (χ1v) is 10.9. The molecule has 0 aromatic rings. The van der Waals surface area contributed by atoms with E-state index in [4.69, 9.17) is 10.6 Å². The SMILES string of the molecule is C=C1C[C@H]2CC(=NOCC(C)N)CC[C@]2(C)[C@@H]2CC[C@]3(C)C(=O)CC[C@H]3[C@H]12. The van der Waals surface area contributed by atoms with Crippen molar-refractivity contribution in [3.63, 3.8) is 0 Å². The number of carbonyl (C=O) groups excluding carboxylic acids is 1. The van der Waals surface area contributed by atoms with Gasteiger partial charge in [-0.1, -0.05) is 31.2 Å². The molecule has 4 heteroatoms. The number of fused-ring (bicyclic) bond motifs is 5. The molecule has 7 atom stereocenters. The maximum atomic E-state index is 12.6. The van der Waals surface area contributed by atoms with Crippen molar-refractivity contribution >= 4 is 11.5 Å². The number of carbonyl (C=O) groups is 1. The lowest BCUT2D eigenvalue weighted by molar-refractivity contribution is -0.133. The molecule has 1 unspecified atom stereocenters. The Bertz CT molecular complexity index is 669. The van der Waals surface area contributed by atoms with E-state index in [0.29, 0.717) is 41.5 Å². The van der Waals surface area contributed by atoms with Crippen molar-refractivity contribution in [1.29, 1.82) is 0 Å². The van der Waals surface area contributed by atoms with Crippen LogP contribution < -0.4 is 5.73 Å². The summed E-state index contributed by atoms with van der Waals surface area (Å²) in [5.41, 5.74) is 8.63. The quantitative estimate of drug-likeness (QED) is 0.586. The Labute approximate surface area is 164 Å². The molecule has 0 amide bonds. The summed E-state index contributed by atoms with van der Waals surface area (Å²) in [7, 11) is 0. The van der Waals surface area contributed by atoms with Crippen LogP contribution in [0.5, 0.6) is 0 Å². The fourth-order valence-corrected chi connectivity index (χ4v) is 7.03. The van der Waals surface area contributed by atoms with Gasteiger partial charge in [-0.15, -0.1) is 0 Å². The summed E-state index contributed by atoms with van der Waals surface area (Å²) in [5.74, 6) is 2.87. The summed E-state index contributed by atoms with van der Waals surface area (Å²) in [4.78, 5) is 18.1. The molecule has 4 rings (SSSR count). The number of Topliss-reactive ketones (excluding diaryl/α,β-unsaturated/α-hetero) is 1. The number of oxime groups is 1. The molecular weight excluding hydrogens is 336 g/mol. The summed E-state index contributed by atoms with van der Waals surface area (Å²) in [6, 6.07) is 0.0177. The van der Waals surface area contributed by atoms with Gasteiger partial charge in [0.05, 0.1) is 5.71 Å². The van der Waals surface area contributed by atoms with Crippen molar-refractivity contribution in [3.8, 4) is 0 Å². The average molecular weight is 373 g/mol. The van der Waals surface area contributed by atoms with Gasteiger partial charge in [0.1, 0.15) is 12.4 Å². The van der Waals surface area contributed by atoms with Crippen molar-refractivity contribution in [2.75, 3.05) is 6.61 Å². The standard InChI is InChI=1S/C23H36N2O2/c1-14-11-16-12-17(25-27-13-15(2)24)7-9-22(16,3)19-8-10-23(4)18(21(14)19)5-6-20(23)26/h15-16,18-19,21H,1,5-13,24H2,2-4H3/t15?,16-,18-,19+,21-,22-,23-/m0/s1. The number of hydrogen-bond donors (Lipinski definition) is 1. The van der Waals surface area contributed by atoms with Crippen LogP contribution in [0.25, 0.3) is 0 Å². The van der Waals surface area contributed by atoms with E-state index in [0.717, 1.165) is 38.5 Å². The highest BCUT2D eigenvalue weighted by Gasteiger charge is 2.61. The first kappa shape index (κ1) is 19.2. The molecule has 4 fully saturated rings. The molecule has 4 saturated carbocycles. The largest absolute Gasteiger partial charge is 0.394 e. The smallest absolute Gasteiger partial charge is 0.139 e. The molecule has 2 N–H and O–H groups in total. The van der Waals surface area contributed by atoms with Crippen LogP contribution >= 0.6 is 0 Å². The summed E-state index contributed by atoms with van der Waals surface area (Å²) in [6.45, 7) is 11.7. The van der Waals surface area contributed by atoms with Gasteiger partial charge in [0.15, 0.2) is 0 Å². The highest BCUT2D eigenvalue weighted by Crippen LogP contribution is 2.66. The van der Waals surface area contributed by atoms with Gasteiger partial charge in [-0.3, -0.25) is 4.79 Å². The van der Waals surface area contributed by atoms with Gasteiger partial charge in [0.25, 0.3) is 0 Å². The Balaban J connectivity index is 1.54. The first-order valence-electron chi connectivity index (χ1n) is 10.9. The summed E-state index contributed by atoms with van der Waals surface area (Å²) in [6.07, 6.45) is 8.45. The van der Waals surface area contributed by atoms with Crippen LogP contribution in [0.3, 0.4) is 0 Å². The Morgan fingerprint density at radius 1 is 1.22 bits per heavy atom. The summed E-state index contributed by atoms with van der Waals surface area (Å²) in [5, 5.41) is 4.41.